The summed E-state index contributed by atoms with van der Waals surface area (Å²) in [6.45, 7) is 1.81. The number of nitrogens with two attached hydrogens (primary N) is 1. The SMILES string of the molecule is Cc1c(-n2c(SCC(=O)NC(N)=O)nnc2-c2ccccc2Cl)c(=O)n(-c2ccccc2)n1C. The molecular weight excluding hydrogens is 478 g/mol. The van der Waals surface area contributed by atoms with E-state index in [1.165, 1.54) is 4.68 Å². The Morgan fingerprint density at radius 3 is 2.44 bits per heavy atom. The number of nitrogens with one attached hydrogen (secondary N) is 1. The van der Waals surface area contributed by atoms with Gasteiger partial charge in [0, 0.05) is 12.6 Å². The number of amides is 3. The molecule has 0 aliphatic carbocycles. The summed E-state index contributed by atoms with van der Waals surface area (Å²) in [4.78, 5) is 36.7. The highest BCUT2D eigenvalue weighted by molar-refractivity contribution is 7.99. The van der Waals surface area contributed by atoms with Gasteiger partial charge in [0.1, 0.15) is 5.69 Å². The smallest absolute Gasteiger partial charge is 0.318 e. The third-order valence-electron chi connectivity index (χ3n) is 5.09. The normalized spacial score (nSPS) is 10.9. The summed E-state index contributed by atoms with van der Waals surface area (Å²) in [5.74, 6) is -0.422. The Hall–Kier alpha value is -3.83. The lowest BCUT2D eigenvalue weighted by atomic mass is 10.2. The summed E-state index contributed by atoms with van der Waals surface area (Å²) in [6.07, 6.45) is 0. The van der Waals surface area contributed by atoms with Crippen molar-refractivity contribution in [1.82, 2.24) is 29.4 Å². The molecule has 3 amide bonds. The Morgan fingerprint density at radius 2 is 1.76 bits per heavy atom. The quantitative estimate of drug-likeness (QED) is 0.394. The van der Waals surface area contributed by atoms with E-state index in [2.05, 4.69) is 10.2 Å². The molecule has 10 nitrogen and oxygen atoms in total. The van der Waals surface area contributed by atoms with Gasteiger partial charge in [-0.2, -0.15) is 0 Å². The van der Waals surface area contributed by atoms with Crippen LogP contribution in [0.25, 0.3) is 22.8 Å². The number of rotatable bonds is 6. The topological polar surface area (TPSA) is 130 Å². The standard InChI is InChI=1S/C22H20ClN7O3S/c1-13-18(20(32)30(28(13)2)14-8-4-3-5-9-14)29-19(15-10-6-7-11-16(15)23)26-27-22(29)34-12-17(31)25-21(24)33/h3-11H,12H2,1-2H3,(H3,24,25,31,33). The minimum absolute atomic E-state index is 0.164. The third kappa shape index (κ3) is 4.35. The van der Waals surface area contributed by atoms with Crippen LogP contribution >= 0.6 is 23.4 Å². The summed E-state index contributed by atoms with van der Waals surface area (Å²) in [5, 5.41) is 11.2. The number of imide groups is 1. The van der Waals surface area contributed by atoms with E-state index in [1.807, 2.05) is 35.6 Å². The van der Waals surface area contributed by atoms with Crippen LogP contribution in [0.3, 0.4) is 0 Å². The highest BCUT2D eigenvalue weighted by atomic mass is 35.5. The van der Waals surface area contributed by atoms with E-state index in [9.17, 15) is 14.4 Å². The molecule has 0 unspecified atom stereocenters. The Balaban J connectivity index is 1.91. The van der Waals surface area contributed by atoms with Crippen molar-refractivity contribution in [3.8, 4) is 22.8 Å². The number of thioether (sulfide) groups is 1. The number of benzene rings is 2. The van der Waals surface area contributed by atoms with Gasteiger partial charge in [0.25, 0.3) is 5.56 Å². The van der Waals surface area contributed by atoms with Crippen LogP contribution in [-0.2, 0) is 11.8 Å². The predicted molar refractivity (Wildman–Crippen MR) is 130 cm³/mol. The third-order valence-corrected chi connectivity index (χ3v) is 6.35. The number of nitrogens with zero attached hydrogens (tertiary/aromatic N) is 5. The zero-order chi connectivity index (χ0) is 24.4. The van der Waals surface area contributed by atoms with E-state index in [0.29, 0.717) is 33.5 Å². The average Bonchev–Trinajstić information content (AvgIpc) is 3.30. The minimum atomic E-state index is -0.950. The first kappa shape index (κ1) is 23.3. The van der Waals surface area contributed by atoms with Crippen molar-refractivity contribution in [2.45, 2.75) is 12.1 Å². The number of para-hydroxylation sites is 1. The van der Waals surface area contributed by atoms with Crippen molar-refractivity contribution in [1.29, 1.82) is 0 Å². The molecule has 2 heterocycles. The molecule has 174 valence electrons. The van der Waals surface area contributed by atoms with Crippen LogP contribution in [0.5, 0.6) is 0 Å². The van der Waals surface area contributed by atoms with Crippen molar-refractivity contribution in [2.24, 2.45) is 12.8 Å². The summed E-state index contributed by atoms with van der Waals surface area (Å²) in [7, 11) is 1.78. The summed E-state index contributed by atoms with van der Waals surface area (Å²) >= 11 is 7.44. The van der Waals surface area contributed by atoms with Gasteiger partial charge in [-0.3, -0.25) is 24.2 Å². The number of urea groups is 1. The zero-order valence-corrected chi connectivity index (χ0v) is 19.8. The lowest BCUT2D eigenvalue weighted by molar-refractivity contribution is -0.117. The average molecular weight is 498 g/mol. The molecule has 0 bridgehead atoms. The van der Waals surface area contributed by atoms with Crippen LogP contribution in [-0.4, -0.2) is 41.8 Å². The highest BCUT2D eigenvalue weighted by Gasteiger charge is 2.26. The van der Waals surface area contributed by atoms with Crippen molar-refractivity contribution in [3.05, 3.63) is 75.7 Å². The second-order valence-corrected chi connectivity index (χ2v) is 8.58. The maximum absolute atomic E-state index is 13.7. The number of carbonyl (C=O) groups is 2. The van der Waals surface area contributed by atoms with Crippen LogP contribution < -0.4 is 16.6 Å². The molecule has 0 saturated carbocycles. The fourth-order valence-electron chi connectivity index (χ4n) is 3.50. The van der Waals surface area contributed by atoms with E-state index in [4.69, 9.17) is 17.3 Å². The molecule has 0 atom stereocenters. The van der Waals surface area contributed by atoms with E-state index in [1.54, 1.807) is 47.5 Å². The second-order valence-electron chi connectivity index (χ2n) is 7.23. The first-order valence-corrected chi connectivity index (χ1v) is 11.4. The molecular formula is C22H20ClN7O3S. The van der Waals surface area contributed by atoms with Gasteiger partial charge in [0.2, 0.25) is 5.91 Å². The van der Waals surface area contributed by atoms with Crippen molar-refractivity contribution >= 4 is 35.3 Å². The molecule has 2 aromatic heterocycles. The van der Waals surface area contributed by atoms with Crippen LogP contribution in [0.1, 0.15) is 5.69 Å². The van der Waals surface area contributed by atoms with E-state index in [0.717, 1.165) is 11.8 Å². The van der Waals surface area contributed by atoms with Gasteiger partial charge in [-0.25, -0.2) is 9.48 Å². The summed E-state index contributed by atoms with van der Waals surface area (Å²) in [5.41, 5.74) is 6.93. The fourth-order valence-corrected chi connectivity index (χ4v) is 4.46. The fraction of sp³-hybridized carbons (Fsp3) is 0.136. The Morgan fingerprint density at radius 1 is 1.09 bits per heavy atom. The number of carbonyl (C=O) groups excluding carboxylic acids is 2. The maximum atomic E-state index is 13.7. The van der Waals surface area contributed by atoms with Gasteiger partial charge in [0.15, 0.2) is 11.0 Å². The Bertz CT molecular complexity index is 1440. The molecule has 34 heavy (non-hydrogen) atoms. The van der Waals surface area contributed by atoms with Crippen molar-refractivity contribution < 1.29 is 9.59 Å². The largest absolute Gasteiger partial charge is 0.351 e. The molecule has 4 aromatic rings. The van der Waals surface area contributed by atoms with Crippen molar-refractivity contribution in [3.63, 3.8) is 0 Å². The predicted octanol–water partition coefficient (Wildman–Crippen LogP) is 2.67. The molecule has 2 aromatic carbocycles. The van der Waals surface area contributed by atoms with E-state index in [-0.39, 0.29) is 16.5 Å². The number of halogens is 1. The van der Waals surface area contributed by atoms with Crippen LogP contribution in [0, 0.1) is 6.92 Å². The maximum Gasteiger partial charge on any atom is 0.318 e. The highest BCUT2D eigenvalue weighted by Crippen LogP contribution is 2.32. The zero-order valence-electron chi connectivity index (χ0n) is 18.2. The molecule has 12 heteroatoms. The lowest BCUT2D eigenvalue weighted by Gasteiger charge is -2.10. The van der Waals surface area contributed by atoms with Crippen LogP contribution in [0.4, 0.5) is 4.79 Å². The van der Waals surface area contributed by atoms with Gasteiger partial charge in [0.05, 0.1) is 22.2 Å². The molecule has 0 spiro atoms. The monoisotopic (exact) mass is 497 g/mol. The number of hydrogen-bond acceptors (Lipinski definition) is 6. The van der Waals surface area contributed by atoms with E-state index < -0.39 is 11.9 Å². The minimum Gasteiger partial charge on any atom is -0.351 e. The van der Waals surface area contributed by atoms with Gasteiger partial charge in [-0.05, 0) is 31.2 Å². The van der Waals surface area contributed by atoms with Gasteiger partial charge >= 0.3 is 6.03 Å². The number of aromatic nitrogens is 5. The molecule has 0 radical (unpaired) electrons. The molecule has 0 fully saturated rings. The van der Waals surface area contributed by atoms with Crippen molar-refractivity contribution in [2.75, 3.05) is 5.75 Å². The molecule has 3 N–H and O–H groups in total. The summed E-state index contributed by atoms with van der Waals surface area (Å²) < 4.78 is 4.85. The van der Waals surface area contributed by atoms with Gasteiger partial charge in [-0.1, -0.05) is 53.7 Å². The van der Waals surface area contributed by atoms with Gasteiger partial charge in [-0.15, -0.1) is 10.2 Å². The molecule has 0 saturated heterocycles. The molecule has 0 aliphatic rings. The second kappa shape index (κ2) is 9.57. The van der Waals surface area contributed by atoms with Crippen LogP contribution in [0.15, 0.2) is 64.5 Å². The number of hydrogen-bond donors (Lipinski definition) is 2. The summed E-state index contributed by atoms with van der Waals surface area (Å²) in [6, 6.07) is 15.3. The van der Waals surface area contributed by atoms with Crippen LogP contribution in [0.2, 0.25) is 5.02 Å². The van der Waals surface area contributed by atoms with Gasteiger partial charge < -0.3 is 5.73 Å². The lowest BCUT2D eigenvalue weighted by Crippen LogP contribution is -2.36. The molecule has 4 rings (SSSR count). The number of primary amides is 1. The molecule has 0 aliphatic heterocycles. The van der Waals surface area contributed by atoms with E-state index >= 15 is 0 Å². The Kier molecular flexibility index (Phi) is 6.57. The first-order chi connectivity index (χ1) is 16.3. The first-order valence-electron chi connectivity index (χ1n) is 10.1. The Labute approximate surface area is 203 Å².